The highest BCUT2D eigenvalue weighted by Gasteiger charge is 2.30. The monoisotopic (exact) mass is 261 g/mol. The molecule has 0 radical (unpaired) electrons. The Kier molecular flexibility index (Phi) is 5.26. The van der Waals surface area contributed by atoms with Crippen molar-refractivity contribution in [1.29, 1.82) is 0 Å². The van der Waals surface area contributed by atoms with Gasteiger partial charge in [-0.25, -0.2) is 0 Å². The summed E-state index contributed by atoms with van der Waals surface area (Å²) < 4.78 is 5.46. The third-order valence-corrected chi connectivity index (χ3v) is 4.55. The van der Waals surface area contributed by atoms with Crippen molar-refractivity contribution in [3.63, 3.8) is 0 Å². The molecular weight excluding hydrogens is 234 g/mol. The first-order valence-electron chi connectivity index (χ1n) is 7.69. The summed E-state index contributed by atoms with van der Waals surface area (Å²) in [5, 5.41) is 3.72. The van der Waals surface area contributed by atoms with Gasteiger partial charge in [0.25, 0.3) is 0 Å². The van der Waals surface area contributed by atoms with Crippen molar-refractivity contribution < 1.29 is 4.74 Å². The normalized spacial score (nSPS) is 26.6. The third kappa shape index (κ3) is 3.73. The lowest BCUT2D eigenvalue weighted by molar-refractivity contribution is 0.339. The molecule has 1 aliphatic carbocycles. The topological polar surface area (TPSA) is 21.3 Å². The molecule has 1 aliphatic rings. The Bertz CT molecular complexity index is 373. The highest BCUT2D eigenvalue weighted by molar-refractivity contribution is 5.27. The fourth-order valence-corrected chi connectivity index (χ4v) is 3.23. The molecular formula is C17H27NO. The molecule has 0 spiro atoms. The molecule has 2 heteroatoms. The molecule has 0 aromatic heterocycles. The largest absolute Gasteiger partial charge is 0.494 e. The Morgan fingerprint density at radius 3 is 2.47 bits per heavy atom. The molecule has 1 N–H and O–H groups in total. The van der Waals surface area contributed by atoms with Gasteiger partial charge in [-0.05, 0) is 49.3 Å². The summed E-state index contributed by atoms with van der Waals surface area (Å²) >= 11 is 0. The van der Waals surface area contributed by atoms with Crippen molar-refractivity contribution in [1.82, 2.24) is 5.32 Å². The first-order chi connectivity index (χ1) is 9.24. The Hall–Kier alpha value is -1.02. The fraction of sp³-hybridized carbons (Fsp3) is 0.647. The molecule has 1 saturated carbocycles. The van der Waals surface area contributed by atoms with E-state index in [2.05, 4.69) is 43.4 Å². The molecule has 3 unspecified atom stereocenters. The Morgan fingerprint density at radius 1 is 1.16 bits per heavy atom. The van der Waals surface area contributed by atoms with Gasteiger partial charge < -0.3 is 10.1 Å². The van der Waals surface area contributed by atoms with Crippen LogP contribution < -0.4 is 10.1 Å². The summed E-state index contributed by atoms with van der Waals surface area (Å²) in [7, 11) is 0. The van der Waals surface area contributed by atoms with Gasteiger partial charge in [0.2, 0.25) is 0 Å². The zero-order chi connectivity index (χ0) is 13.7. The molecule has 0 heterocycles. The molecule has 0 saturated heterocycles. The van der Waals surface area contributed by atoms with Crippen LogP contribution in [0.15, 0.2) is 24.3 Å². The summed E-state index contributed by atoms with van der Waals surface area (Å²) in [5.74, 6) is 2.69. The van der Waals surface area contributed by atoms with Gasteiger partial charge in [-0.3, -0.25) is 0 Å². The van der Waals surface area contributed by atoms with Gasteiger partial charge in [-0.15, -0.1) is 0 Å². The second-order valence-electron chi connectivity index (χ2n) is 5.67. The van der Waals surface area contributed by atoms with E-state index >= 15 is 0 Å². The smallest absolute Gasteiger partial charge is 0.119 e. The minimum Gasteiger partial charge on any atom is -0.494 e. The number of hydrogen-bond donors (Lipinski definition) is 1. The van der Waals surface area contributed by atoms with Gasteiger partial charge in [0.1, 0.15) is 5.75 Å². The van der Waals surface area contributed by atoms with Crippen molar-refractivity contribution >= 4 is 0 Å². The van der Waals surface area contributed by atoms with Crippen LogP contribution in [0.2, 0.25) is 0 Å². The van der Waals surface area contributed by atoms with E-state index in [0.717, 1.165) is 30.7 Å². The molecule has 0 bridgehead atoms. The number of nitrogens with one attached hydrogen (secondary N) is 1. The van der Waals surface area contributed by atoms with Crippen LogP contribution in [0.4, 0.5) is 0 Å². The fourth-order valence-electron chi connectivity index (χ4n) is 3.23. The quantitative estimate of drug-likeness (QED) is 0.835. The van der Waals surface area contributed by atoms with E-state index in [1.165, 1.54) is 24.8 Å². The third-order valence-electron chi connectivity index (χ3n) is 4.55. The van der Waals surface area contributed by atoms with Crippen molar-refractivity contribution in [3.05, 3.63) is 29.8 Å². The average molecular weight is 261 g/mol. The van der Waals surface area contributed by atoms with Crippen molar-refractivity contribution in [2.24, 2.45) is 11.8 Å². The standard InChI is InChI=1S/C17H27NO/c1-4-15-8-11-17(13(15)3)18-12-14-6-9-16(10-7-14)19-5-2/h6-7,9-10,13,15,17-18H,4-5,8,11-12H2,1-3H3. The number of ether oxygens (including phenoxy) is 1. The molecule has 2 rings (SSSR count). The molecule has 0 aliphatic heterocycles. The molecule has 2 nitrogen and oxygen atoms in total. The van der Waals surface area contributed by atoms with Gasteiger partial charge in [0, 0.05) is 12.6 Å². The van der Waals surface area contributed by atoms with E-state index in [1.54, 1.807) is 0 Å². The molecule has 106 valence electrons. The predicted molar refractivity (Wildman–Crippen MR) is 80.4 cm³/mol. The average Bonchev–Trinajstić information content (AvgIpc) is 2.79. The van der Waals surface area contributed by atoms with E-state index in [-0.39, 0.29) is 0 Å². The van der Waals surface area contributed by atoms with Gasteiger partial charge >= 0.3 is 0 Å². The van der Waals surface area contributed by atoms with E-state index in [0.29, 0.717) is 6.04 Å². The lowest BCUT2D eigenvalue weighted by Crippen LogP contribution is -2.32. The number of benzene rings is 1. The zero-order valence-corrected chi connectivity index (χ0v) is 12.5. The van der Waals surface area contributed by atoms with Crippen LogP contribution >= 0.6 is 0 Å². The summed E-state index contributed by atoms with van der Waals surface area (Å²) in [6.45, 7) is 8.43. The SMILES string of the molecule is CCOc1ccc(CNC2CCC(CC)C2C)cc1. The zero-order valence-electron chi connectivity index (χ0n) is 12.5. The van der Waals surface area contributed by atoms with E-state index in [4.69, 9.17) is 4.74 Å². The van der Waals surface area contributed by atoms with Crippen LogP contribution in [-0.4, -0.2) is 12.6 Å². The van der Waals surface area contributed by atoms with Crippen molar-refractivity contribution in [3.8, 4) is 5.75 Å². The van der Waals surface area contributed by atoms with E-state index in [1.807, 2.05) is 6.92 Å². The van der Waals surface area contributed by atoms with Crippen LogP contribution in [0.25, 0.3) is 0 Å². The Balaban J connectivity index is 1.82. The second-order valence-corrected chi connectivity index (χ2v) is 5.67. The van der Waals surface area contributed by atoms with Gasteiger partial charge in [-0.2, -0.15) is 0 Å². The van der Waals surface area contributed by atoms with Gasteiger partial charge in [0.05, 0.1) is 6.61 Å². The minimum absolute atomic E-state index is 0.691. The van der Waals surface area contributed by atoms with E-state index in [9.17, 15) is 0 Å². The lowest BCUT2D eigenvalue weighted by Gasteiger charge is -2.21. The van der Waals surface area contributed by atoms with Crippen LogP contribution in [0.5, 0.6) is 5.75 Å². The predicted octanol–water partition coefficient (Wildman–Crippen LogP) is 4.00. The Morgan fingerprint density at radius 2 is 1.89 bits per heavy atom. The van der Waals surface area contributed by atoms with E-state index < -0.39 is 0 Å². The van der Waals surface area contributed by atoms with Crippen molar-refractivity contribution in [2.45, 2.75) is 52.6 Å². The van der Waals surface area contributed by atoms with Crippen LogP contribution in [-0.2, 0) is 6.54 Å². The Labute approximate surface area is 117 Å². The van der Waals surface area contributed by atoms with Crippen molar-refractivity contribution in [2.75, 3.05) is 6.61 Å². The number of hydrogen-bond acceptors (Lipinski definition) is 2. The van der Waals surface area contributed by atoms with Crippen LogP contribution in [0.1, 0.15) is 45.6 Å². The maximum absolute atomic E-state index is 5.46. The lowest BCUT2D eigenvalue weighted by atomic mass is 9.93. The summed E-state index contributed by atoms with van der Waals surface area (Å²) in [4.78, 5) is 0. The highest BCUT2D eigenvalue weighted by atomic mass is 16.5. The first kappa shape index (κ1) is 14.4. The first-order valence-corrected chi connectivity index (χ1v) is 7.69. The maximum atomic E-state index is 5.46. The molecule has 1 aromatic rings. The summed E-state index contributed by atoms with van der Waals surface area (Å²) in [5.41, 5.74) is 1.34. The molecule has 3 atom stereocenters. The van der Waals surface area contributed by atoms with Gasteiger partial charge in [0.15, 0.2) is 0 Å². The maximum Gasteiger partial charge on any atom is 0.119 e. The van der Waals surface area contributed by atoms with Crippen LogP contribution in [0.3, 0.4) is 0 Å². The minimum atomic E-state index is 0.691. The molecule has 1 aromatic carbocycles. The summed E-state index contributed by atoms with van der Waals surface area (Å²) in [6.07, 6.45) is 4.04. The second kappa shape index (κ2) is 6.95. The molecule has 19 heavy (non-hydrogen) atoms. The summed E-state index contributed by atoms with van der Waals surface area (Å²) in [6, 6.07) is 9.14. The van der Waals surface area contributed by atoms with Gasteiger partial charge in [-0.1, -0.05) is 32.4 Å². The highest BCUT2D eigenvalue weighted by Crippen LogP contribution is 2.33. The molecule has 0 amide bonds. The number of rotatable bonds is 6. The van der Waals surface area contributed by atoms with Crippen LogP contribution in [0, 0.1) is 11.8 Å². The molecule has 1 fully saturated rings.